The van der Waals surface area contributed by atoms with E-state index in [-0.39, 0.29) is 16.7 Å². The Morgan fingerprint density at radius 2 is 1.84 bits per heavy atom. The molecule has 0 heterocycles. The molecule has 0 aromatic carbocycles. The summed E-state index contributed by atoms with van der Waals surface area (Å²) in [6.07, 6.45) is 3.05. The number of ether oxygens (including phenoxy) is 1. The standard InChI is InChI=1S/C15H24O4/c1-7-19-11(16)9-8-10-14(5,6)15(10,12(17)18)13(2,3)4/h8-10H,7H2,1-6H3,(H,17,18)/b9-8-/t10-,15+/m0/s1. The van der Waals surface area contributed by atoms with Gasteiger partial charge in [-0.05, 0) is 17.8 Å². The summed E-state index contributed by atoms with van der Waals surface area (Å²) >= 11 is 0. The van der Waals surface area contributed by atoms with Crippen LogP contribution in [-0.4, -0.2) is 23.7 Å². The van der Waals surface area contributed by atoms with Crippen LogP contribution in [-0.2, 0) is 14.3 Å². The van der Waals surface area contributed by atoms with Crippen molar-refractivity contribution >= 4 is 11.9 Å². The lowest BCUT2D eigenvalue weighted by Crippen LogP contribution is -2.35. The summed E-state index contributed by atoms with van der Waals surface area (Å²) < 4.78 is 4.83. The molecule has 0 unspecified atom stereocenters. The van der Waals surface area contributed by atoms with Gasteiger partial charge in [-0.15, -0.1) is 0 Å². The highest BCUT2D eigenvalue weighted by molar-refractivity contribution is 5.85. The van der Waals surface area contributed by atoms with E-state index in [2.05, 4.69) is 0 Å². The number of hydrogen-bond donors (Lipinski definition) is 1. The molecule has 0 aromatic rings. The molecule has 1 rings (SSSR count). The molecule has 4 nitrogen and oxygen atoms in total. The van der Waals surface area contributed by atoms with Gasteiger partial charge in [0.2, 0.25) is 0 Å². The van der Waals surface area contributed by atoms with Crippen LogP contribution in [0.15, 0.2) is 12.2 Å². The van der Waals surface area contributed by atoms with Crippen molar-refractivity contribution in [3.8, 4) is 0 Å². The third-order valence-corrected chi connectivity index (χ3v) is 4.41. The largest absolute Gasteiger partial charge is 0.481 e. The van der Waals surface area contributed by atoms with Crippen molar-refractivity contribution in [2.24, 2.45) is 22.2 Å². The Balaban J connectivity index is 3.04. The number of carboxylic acids is 1. The van der Waals surface area contributed by atoms with Gasteiger partial charge in [0, 0.05) is 12.0 Å². The SMILES string of the molecule is CCOC(=O)/C=C\[C@H]1C(C)(C)[C@]1(C(=O)O)C(C)(C)C. The summed E-state index contributed by atoms with van der Waals surface area (Å²) in [4.78, 5) is 23.1. The molecule has 1 fully saturated rings. The van der Waals surface area contributed by atoms with E-state index >= 15 is 0 Å². The van der Waals surface area contributed by atoms with Gasteiger partial charge in [-0.2, -0.15) is 0 Å². The number of hydrogen-bond acceptors (Lipinski definition) is 3. The van der Waals surface area contributed by atoms with Gasteiger partial charge in [-0.3, -0.25) is 4.79 Å². The number of carbonyl (C=O) groups excluding carboxylic acids is 1. The topological polar surface area (TPSA) is 63.6 Å². The molecule has 0 saturated heterocycles. The maximum atomic E-state index is 11.8. The molecule has 108 valence electrons. The van der Waals surface area contributed by atoms with Crippen LogP contribution in [0.25, 0.3) is 0 Å². The molecule has 19 heavy (non-hydrogen) atoms. The maximum Gasteiger partial charge on any atom is 0.330 e. The van der Waals surface area contributed by atoms with E-state index in [1.807, 2.05) is 34.6 Å². The van der Waals surface area contributed by atoms with Crippen LogP contribution < -0.4 is 0 Å². The van der Waals surface area contributed by atoms with Crippen molar-refractivity contribution in [2.45, 2.75) is 41.5 Å². The molecular weight excluding hydrogens is 244 g/mol. The van der Waals surface area contributed by atoms with Crippen LogP contribution in [0.5, 0.6) is 0 Å². The number of rotatable bonds is 4. The monoisotopic (exact) mass is 268 g/mol. The molecule has 0 spiro atoms. The van der Waals surface area contributed by atoms with Gasteiger partial charge in [0.15, 0.2) is 0 Å². The normalized spacial score (nSPS) is 29.3. The van der Waals surface area contributed by atoms with E-state index in [0.29, 0.717) is 6.61 Å². The van der Waals surface area contributed by atoms with Gasteiger partial charge in [-0.1, -0.05) is 40.7 Å². The van der Waals surface area contributed by atoms with Crippen LogP contribution >= 0.6 is 0 Å². The number of carboxylic acid groups (broad SMARTS) is 1. The van der Waals surface area contributed by atoms with Crippen LogP contribution in [0, 0.1) is 22.2 Å². The molecule has 4 heteroatoms. The molecule has 0 amide bonds. The van der Waals surface area contributed by atoms with E-state index < -0.39 is 17.4 Å². The summed E-state index contributed by atoms with van der Waals surface area (Å²) in [6, 6.07) is 0. The fourth-order valence-electron chi connectivity index (χ4n) is 3.72. The van der Waals surface area contributed by atoms with Gasteiger partial charge in [0.05, 0.1) is 12.0 Å². The lowest BCUT2D eigenvalue weighted by Gasteiger charge is -2.30. The fraction of sp³-hybridized carbons (Fsp3) is 0.733. The molecule has 2 atom stereocenters. The summed E-state index contributed by atoms with van der Waals surface area (Å²) in [7, 11) is 0. The van der Waals surface area contributed by atoms with Crippen molar-refractivity contribution in [1.82, 2.24) is 0 Å². The lowest BCUT2D eigenvalue weighted by molar-refractivity contribution is -0.150. The molecular formula is C15H24O4. The first kappa shape index (κ1) is 15.7. The van der Waals surface area contributed by atoms with Gasteiger partial charge in [-0.25, -0.2) is 4.79 Å². The average molecular weight is 268 g/mol. The van der Waals surface area contributed by atoms with Crippen molar-refractivity contribution in [1.29, 1.82) is 0 Å². The quantitative estimate of drug-likeness (QED) is 0.629. The Morgan fingerprint density at radius 1 is 1.32 bits per heavy atom. The highest BCUT2D eigenvalue weighted by atomic mass is 16.5. The highest BCUT2D eigenvalue weighted by Gasteiger charge is 2.79. The van der Waals surface area contributed by atoms with Crippen LogP contribution in [0.2, 0.25) is 0 Å². The van der Waals surface area contributed by atoms with Crippen LogP contribution in [0.4, 0.5) is 0 Å². The van der Waals surface area contributed by atoms with Crippen molar-refractivity contribution < 1.29 is 19.4 Å². The first-order chi connectivity index (χ1) is 8.53. The molecule has 1 saturated carbocycles. The number of aliphatic carboxylic acids is 1. The summed E-state index contributed by atoms with van der Waals surface area (Å²) in [5.41, 5.74) is -1.60. The highest BCUT2D eigenvalue weighted by Crippen LogP contribution is 2.76. The number of esters is 1. The van der Waals surface area contributed by atoms with Crippen LogP contribution in [0.3, 0.4) is 0 Å². The van der Waals surface area contributed by atoms with E-state index in [1.54, 1.807) is 13.0 Å². The zero-order chi connectivity index (χ0) is 15.1. The fourth-order valence-corrected chi connectivity index (χ4v) is 3.72. The van der Waals surface area contributed by atoms with Gasteiger partial charge in [0.25, 0.3) is 0 Å². The maximum absolute atomic E-state index is 11.8. The second-order valence-corrected chi connectivity index (χ2v) is 6.67. The van der Waals surface area contributed by atoms with Gasteiger partial charge in [0.1, 0.15) is 0 Å². The third-order valence-electron chi connectivity index (χ3n) is 4.41. The Bertz CT molecular complexity index is 414. The first-order valence-electron chi connectivity index (χ1n) is 6.61. The molecule has 1 aliphatic carbocycles. The zero-order valence-corrected chi connectivity index (χ0v) is 12.6. The van der Waals surface area contributed by atoms with E-state index in [0.717, 1.165) is 0 Å². The number of allylic oxidation sites excluding steroid dienone is 1. The summed E-state index contributed by atoms with van der Waals surface area (Å²) in [6.45, 7) is 11.7. The average Bonchev–Trinajstić information content (AvgIpc) is 2.72. The predicted octanol–water partition coefficient (Wildman–Crippen LogP) is 2.88. The first-order valence-corrected chi connectivity index (χ1v) is 6.61. The van der Waals surface area contributed by atoms with E-state index in [1.165, 1.54) is 6.08 Å². The smallest absolute Gasteiger partial charge is 0.330 e. The number of carbonyl (C=O) groups is 2. The van der Waals surface area contributed by atoms with E-state index in [9.17, 15) is 14.7 Å². The molecule has 0 bridgehead atoms. The van der Waals surface area contributed by atoms with Crippen molar-refractivity contribution in [2.75, 3.05) is 6.61 Å². The zero-order valence-electron chi connectivity index (χ0n) is 12.6. The minimum atomic E-state index is -0.844. The van der Waals surface area contributed by atoms with E-state index in [4.69, 9.17) is 4.74 Å². The Kier molecular flexibility index (Phi) is 3.86. The van der Waals surface area contributed by atoms with Crippen LogP contribution in [0.1, 0.15) is 41.5 Å². The van der Waals surface area contributed by atoms with Crippen molar-refractivity contribution in [3.63, 3.8) is 0 Å². The minimum absolute atomic E-state index is 0.165. The van der Waals surface area contributed by atoms with Gasteiger partial charge >= 0.3 is 11.9 Å². The van der Waals surface area contributed by atoms with Gasteiger partial charge < -0.3 is 9.84 Å². The molecule has 1 aliphatic rings. The Labute approximate surface area is 114 Å². The molecule has 0 aromatic heterocycles. The minimum Gasteiger partial charge on any atom is -0.481 e. The summed E-state index contributed by atoms with van der Waals surface area (Å²) in [5, 5.41) is 9.66. The lowest BCUT2D eigenvalue weighted by atomic mass is 9.72. The molecule has 0 radical (unpaired) electrons. The molecule has 0 aliphatic heterocycles. The Hall–Kier alpha value is -1.32. The summed E-state index contributed by atoms with van der Waals surface area (Å²) in [5.74, 6) is -1.39. The Morgan fingerprint density at radius 3 is 2.16 bits per heavy atom. The predicted molar refractivity (Wildman–Crippen MR) is 72.6 cm³/mol. The second-order valence-electron chi connectivity index (χ2n) is 6.67. The second kappa shape index (κ2) is 4.66. The third kappa shape index (κ3) is 2.17. The van der Waals surface area contributed by atoms with Crippen molar-refractivity contribution in [3.05, 3.63) is 12.2 Å². The molecule has 1 N–H and O–H groups in total.